The van der Waals surface area contributed by atoms with E-state index < -0.39 is 18.3 Å². The summed E-state index contributed by atoms with van der Waals surface area (Å²) >= 11 is 0. The molecule has 0 radical (unpaired) electrons. The van der Waals surface area contributed by atoms with Crippen molar-refractivity contribution in [1.29, 1.82) is 0 Å². The molecular formula is C35H58N2O6. The fraction of sp³-hybridized carbons (Fsp3) is 0.971. The molecule has 4 N–H and O–H groups in total. The highest BCUT2D eigenvalue weighted by Gasteiger charge is 2.84. The van der Waals surface area contributed by atoms with E-state index in [4.69, 9.17) is 24.7 Å². The van der Waals surface area contributed by atoms with Crippen molar-refractivity contribution in [2.45, 2.75) is 137 Å². The number of amides is 1. The smallest absolute Gasteiger partial charge is 0.404 e. The Morgan fingerprint density at radius 1 is 1.05 bits per heavy atom. The van der Waals surface area contributed by atoms with Crippen LogP contribution in [0.1, 0.15) is 99.8 Å². The molecule has 2 heterocycles. The molecule has 0 aromatic rings. The first-order valence-corrected chi connectivity index (χ1v) is 17.5. The van der Waals surface area contributed by atoms with Gasteiger partial charge in [0, 0.05) is 18.5 Å². The zero-order valence-corrected chi connectivity index (χ0v) is 27.7. The second-order valence-corrected chi connectivity index (χ2v) is 17.3. The molecule has 5 saturated carbocycles. The van der Waals surface area contributed by atoms with Gasteiger partial charge < -0.3 is 35.1 Å². The van der Waals surface area contributed by atoms with Crippen LogP contribution in [0.3, 0.4) is 0 Å². The lowest BCUT2D eigenvalue weighted by Crippen LogP contribution is -2.60. The predicted octanol–water partition coefficient (Wildman–Crippen LogP) is 5.25. The molecule has 2 aliphatic heterocycles. The van der Waals surface area contributed by atoms with Gasteiger partial charge in [0.15, 0.2) is 6.29 Å². The molecule has 7 fully saturated rings. The van der Waals surface area contributed by atoms with Gasteiger partial charge in [0.1, 0.15) is 6.10 Å². The van der Waals surface area contributed by atoms with Crippen LogP contribution in [0.4, 0.5) is 4.79 Å². The molecule has 0 unspecified atom stereocenters. The van der Waals surface area contributed by atoms with E-state index in [9.17, 15) is 9.90 Å². The van der Waals surface area contributed by atoms with Crippen LogP contribution in [0.15, 0.2) is 0 Å². The van der Waals surface area contributed by atoms with Gasteiger partial charge in [-0.05, 0) is 103 Å². The van der Waals surface area contributed by atoms with E-state index in [1.165, 1.54) is 32.1 Å². The third-order valence-electron chi connectivity index (χ3n) is 15.3. The largest absolute Gasteiger partial charge is 0.443 e. The molecule has 8 heteroatoms. The Labute approximate surface area is 258 Å². The molecule has 7 rings (SSSR count). The Morgan fingerprint density at radius 3 is 2.44 bits per heavy atom. The number of primary amides is 1. The van der Waals surface area contributed by atoms with Crippen LogP contribution < -0.4 is 11.1 Å². The summed E-state index contributed by atoms with van der Waals surface area (Å²) in [5, 5.41) is 15.9. The summed E-state index contributed by atoms with van der Waals surface area (Å²) in [7, 11) is 0. The Hall–Kier alpha value is -0.930. The Balaban J connectivity index is 1.16. The number of hydrogen-bond acceptors (Lipinski definition) is 7. The van der Waals surface area contributed by atoms with Crippen molar-refractivity contribution in [3.63, 3.8) is 0 Å². The number of aliphatic hydroxyl groups excluding tert-OH is 1. The third kappa shape index (κ3) is 4.01. The van der Waals surface area contributed by atoms with Crippen molar-refractivity contribution in [1.82, 2.24) is 5.32 Å². The number of aliphatic hydroxyl groups is 1. The summed E-state index contributed by atoms with van der Waals surface area (Å²) in [5.74, 6) is 1.87. The first-order chi connectivity index (χ1) is 20.2. The zero-order valence-electron chi connectivity index (χ0n) is 27.7. The molecule has 0 aromatic heterocycles. The molecule has 244 valence electrons. The Morgan fingerprint density at radius 2 is 1.77 bits per heavy atom. The number of ether oxygens (including phenoxy) is 4. The van der Waals surface area contributed by atoms with Crippen LogP contribution in [0.5, 0.6) is 0 Å². The minimum Gasteiger partial charge on any atom is -0.443 e. The van der Waals surface area contributed by atoms with Crippen LogP contribution >= 0.6 is 0 Å². The molecule has 7 aliphatic rings. The predicted molar refractivity (Wildman–Crippen MR) is 163 cm³/mol. The van der Waals surface area contributed by atoms with Gasteiger partial charge in [-0.2, -0.15) is 0 Å². The van der Waals surface area contributed by atoms with Crippen molar-refractivity contribution in [2.24, 2.45) is 62.4 Å². The summed E-state index contributed by atoms with van der Waals surface area (Å²) < 4.78 is 25.1. The molecule has 43 heavy (non-hydrogen) atoms. The lowest BCUT2D eigenvalue weighted by molar-refractivity contribution is -0.237. The number of carbonyl (C=O) groups is 1. The molecule has 2 spiro atoms. The van der Waals surface area contributed by atoms with Gasteiger partial charge in [-0.15, -0.1) is 0 Å². The van der Waals surface area contributed by atoms with Crippen LogP contribution in [0.2, 0.25) is 0 Å². The topological polar surface area (TPSA) is 112 Å². The van der Waals surface area contributed by atoms with E-state index in [1.54, 1.807) is 0 Å². The molecule has 5 aliphatic carbocycles. The zero-order chi connectivity index (χ0) is 30.7. The number of carbonyl (C=O) groups excluding carboxylic acids is 1. The molecule has 14 atom stereocenters. The molecule has 1 amide bonds. The third-order valence-corrected chi connectivity index (χ3v) is 15.3. The summed E-state index contributed by atoms with van der Waals surface area (Å²) in [6.45, 7) is 18.7. The monoisotopic (exact) mass is 602 g/mol. The number of rotatable bonds is 5. The summed E-state index contributed by atoms with van der Waals surface area (Å²) in [6, 6.07) is 0. The fourth-order valence-electron chi connectivity index (χ4n) is 13.4. The fourth-order valence-corrected chi connectivity index (χ4v) is 13.4. The van der Waals surface area contributed by atoms with Crippen molar-refractivity contribution in [2.75, 3.05) is 19.7 Å². The quantitative estimate of drug-likeness (QED) is 0.394. The van der Waals surface area contributed by atoms with Gasteiger partial charge in [-0.3, -0.25) is 0 Å². The average Bonchev–Trinajstić information content (AvgIpc) is 3.58. The summed E-state index contributed by atoms with van der Waals surface area (Å²) in [4.78, 5) is 11.8. The molecule has 2 saturated heterocycles. The summed E-state index contributed by atoms with van der Waals surface area (Å²) in [5.41, 5.74) is 6.03. The first kappa shape index (κ1) is 30.7. The van der Waals surface area contributed by atoms with Crippen LogP contribution in [-0.2, 0) is 18.9 Å². The van der Waals surface area contributed by atoms with Gasteiger partial charge in [-0.25, -0.2) is 4.79 Å². The van der Waals surface area contributed by atoms with Crippen molar-refractivity contribution < 1.29 is 28.8 Å². The van der Waals surface area contributed by atoms with Crippen LogP contribution in [0.25, 0.3) is 0 Å². The van der Waals surface area contributed by atoms with E-state index in [1.807, 2.05) is 0 Å². The van der Waals surface area contributed by atoms with E-state index in [0.29, 0.717) is 34.5 Å². The highest BCUT2D eigenvalue weighted by molar-refractivity contribution is 5.64. The second kappa shape index (κ2) is 10.0. The van der Waals surface area contributed by atoms with Gasteiger partial charge in [0.2, 0.25) is 0 Å². The minimum absolute atomic E-state index is 0.00697. The second-order valence-electron chi connectivity index (χ2n) is 17.3. The molecular weight excluding hydrogens is 544 g/mol. The minimum atomic E-state index is -0.750. The number of fused-ring (bicyclic) bond motifs is 4. The first-order valence-electron chi connectivity index (χ1n) is 17.5. The SMILES string of the molecule is CC(C)[C@@H](OC(N)=O)[C@H]1C[C@@H](C)[C@H]2[C@H](O1)[C@H](O)[C@@]1(C)[C@@H]3CC[C@H]4C(C)(C)[C@@H](O[C@H]5CNCCO5)CC[C@@]45C[C@@]35CC[C@]21C. The van der Waals surface area contributed by atoms with Gasteiger partial charge in [0.25, 0.3) is 0 Å². The van der Waals surface area contributed by atoms with E-state index >= 15 is 0 Å². The highest BCUT2D eigenvalue weighted by atomic mass is 16.7. The number of hydrogen-bond donors (Lipinski definition) is 3. The Kier molecular flexibility index (Phi) is 7.17. The lowest BCUT2D eigenvalue weighted by Gasteiger charge is -2.63. The normalized spacial score (nSPS) is 53.9. The molecule has 8 nitrogen and oxygen atoms in total. The van der Waals surface area contributed by atoms with E-state index in [0.717, 1.165) is 39.0 Å². The lowest BCUT2D eigenvalue weighted by atomic mass is 9.41. The Bertz CT molecular complexity index is 1110. The van der Waals surface area contributed by atoms with Crippen molar-refractivity contribution >= 4 is 6.09 Å². The van der Waals surface area contributed by atoms with Crippen LogP contribution in [-0.4, -0.2) is 67.7 Å². The maximum absolute atomic E-state index is 12.5. The van der Waals surface area contributed by atoms with Crippen molar-refractivity contribution in [3.05, 3.63) is 0 Å². The van der Waals surface area contributed by atoms with Gasteiger partial charge in [-0.1, -0.05) is 48.5 Å². The van der Waals surface area contributed by atoms with Gasteiger partial charge >= 0.3 is 6.09 Å². The maximum atomic E-state index is 12.5. The van der Waals surface area contributed by atoms with Crippen molar-refractivity contribution in [3.8, 4) is 0 Å². The number of nitrogens with two attached hydrogens (primary N) is 1. The van der Waals surface area contributed by atoms with Gasteiger partial charge in [0.05, 0.1) is 31.0 Å². The van der Waals surface area contributed by atoms with Crippen LogP contribution in [0, 0.1) is 56.7 Å². The summed E-state index contributed by atoms with van der Waals surface area (Å²) in [6.07, 6.45) is 7.15. The number of morpholine rings is 1. The van der Waals surface area contributed by atoms with E-state index in [-0.39, 0.29) is 46.8 Å². The number of nitrogens with one attached hydrogen (secondary N) is 1. The highest BCUT2D eigenvalue weighted by Crippen LogP contribution is 2.89. The average molecular weight is 603 g/mol. The maximum Gasteiger partial charge on any atom is 0.404 e. The molecule has 0 bridgehead atoms. The standard InChI is InChI=1S/C35H58N2O6/c1-19(2)27(43-30(36)39)21-16-20(3)26-28(41-21)29(38)33(7)23-9-8-22-31(4,5)24(42-25-17-37-14-15-40-25)10-11-34(22)18-35(23,34)13-12-32(26,33)6/h19-29,37-38H,8-18H2,1-7H3,(H2,36,39)/t20-,21-,22+,23+,24+,25+,26+,27-,28+,29+,32-,33-,34-,35+/m1/s1. The van der Waals surface area contributed by atoms with E-state index in [2.05, 4.69) is 53.8 Å². The molecule has 0 aromatic carbocycles.